The van der Waals surface area contributed by atoms with Gasteiger partial charge in [0.1, 0.15) is 0 Å². The van der Waals surface area contributed by atoms with Crippen molar-refractivity contribution in [2.45, 2.75) is 19.3 Å². The van der Waals surface area contributed by atoms with E-state index in [0.29, 0.717) is 0 Å². The molecule has 1 aromatic rings. The minimum absolute atomic E-state index is 1.18. The molecule has 16 heavy (non-hydrogen) atoms. The predicted octanol–water partition coefficient (Wildman–Crippen LogP) is 1.93. The SMILES string of the molecule is CN1CCN(c2ccc3c(c2)CCC3)CC1. The number of aryl methyl sites for hydroxylation is 2. The highest BCUT2D eigenvalue weighted by molar-refractivity contribution is 5.52. The number of hydrogen-bond donors (Lipinski definition) is 0. The molecule has 0 N–H and O–H groups in total. The van der Waals surface area contributed by atoms with Crippen molar-refractivity contribution in [1.82, 2.24) is 4.90 Å². The fourth-order valence-electron chi connectivity index (χ4n) is 2.82. The van der Waals surface area contributed by atoms with Crippen LogP contribution in [0.25, 0.3) is 0 Å². The lowest BCUT2D eigenvalue weighted by molar-refractivity contribution is 0.313. The zero-order valence-corrected chi connectivity index (χ0v) is 10.1. The number of rotatable bonds is 1. The molecule has 2 heteroatoms. The molecule has 0 aromatic heterocycles. The first-order chi connectivity index (χ1) is 7.83. The van der Waals surface area contributed by atoms with Gasteiger partial charge in [0, 0.05) is 31.9 Å². The summed E-state index contributed by atoms with van der Waals surface area (Å²) in [6.45, 7) is 4.73. The van der Waals surface area contributed by atoms with E-state index in [9.17, 15) is 0 Å². The summed E-state index contributed by atoms with van der Waals surface area (Å²) in [5, 5.41) is 0. The van der Waals surface area contributed by atoms with Gasteiger partial charge in [-0.25, -0.2) is 0 Å². The standard InChI is InChI=1S/C14H20N2/c1-15-7-9-16(10-8-15)14-6-5-12-3-2-4-13(12)11-14/h5-6,11H,2-4,7-10H2,1H3. The van der Waals surface area contributed by atoms with Crippen LogP contribution in [0.15, 0.2) is 18.2 Å². The summed E-state index contributed by atoms with van der Waals surface area (Å²) in [6, 6.07) is 7.08. The van der Waals surface area contributed by atoms with Crippen LogP contribution in [0.1, 0.15) is 17.5 Å². The van der Waals surface area contributed by atoms with Crippen LogP contribution in [-0.2, 0) is 12.8 Å². The van der Waals surface area contributed by atoms with Crippen LogP contribution >= 0.6 is 0 Å². The second-order valence-corrected chi connectivity index (χ2v) is 5.10. The average molecular weight is 216 g/mol. The van der Waals surface area contributed by atoms with Crippen molar-refractivity contribution >= 4 is 5.69 Å². The van der Waals surface area contributed by atoms with E-state index in [4.69, 9.17) is 0 Å². The fraction of sp³-hybridized carbons (Fsp3) is 0.571. The van der Waals surface area contributed by atoms with Gasteiger partial charge < -0.3 is 9.80 Å². The summed E-state index contributed by atoms with van der Waals surface area (Å²) < 4.78 is 0. The van der Waals surface area contributed by atoms with Gasteiger partial charge >= 0.3 is 0 Å². The molecule has 1 saturated heterocycles. The number of piperazine rings is 1. The van der Waals surface area contributed by atoms with Crippen LogP contribution in [0.2, 0.25) is 0 Å². The maximum Gasteiger partial charge on any atom is 0.0370 e. The number of benzene rings is 1. The summed E-state index contributed by atoms with van der Waals surface area (Å²) in [5.41, 5.74) is 4.61. The van der Waals surface area contributed by atoms with Gasteiger partial charge in [-0.15, -0.1) is 0 Å². The summed E-state index contributed by atoms with van der Waals surface area (Å²) >= 11 is 0. The van der Waals surface area contributed by atoms with Crippen molar-refractivity contribution in [3.8, 4) is 0 Å². The zero-order valence-electron chi connectivity index (χ0n) is 10.1. The highest BCUT2D eigenvalue weighted by Crippen LogP contribution is 2.27. The third-order valence-corrected chi connectivity index (χ3v) is 3.95. The Labute approximate surface area is 97.9 Å². The summed E-state index contributed by atoms with van der Waals surface area (Å²) in [6.07, 6.45) is 3.93. The van der Waals surface area contributed by atoms with Gasteiger partial charge in [-0.05, 0) is 49.6 Å². The van der Waals surface area contributed by atoms with E-state index >= 15 is 0 Å². The van der Waals surface area contributed by atoms with Gasteiger partial charge in [-0.2, -0.15) is 0 Å². The number of anilines is 1. The predicted molar refractivity (Wildman–Crippen MR) is 68.2 cm³/mol. The molecule has 0 spiro atoms. The smallest absolute Gasteiger partial charge is 0.0370 e. The normalized spacial score (nSPS) is 21.2. The van der Waals surface area contributed by atoms with Crippen LogP contribution in [-0.4, -0.2) is 38.1 Å². The van der Waals surface area contributed by atoms with E-state index in [0.717, 1.165) is 0 Å². The van der Waals surface area contributed by atoms with Crippen LogP contribution in [0, 0.1) is 0 Å². The second-order valence-electron chi connectivity index (χ2n) is 5.10. The number of nitrogens with zero attached hydrogens (tertiary/aromatic N) is 2. The minimum Gasteiger partial charge on any atom is -0.369 e. The number of hydrogen-bond acceptors (Lipinski definition) is 2. The van der Waals surface area contributed by atoms with Gasteiger partial charge in [0.15, 0.2) is 0 Å². The van der Waals surface area contributed by atoms with Crippen molar-refractivity contribution in [2.75, 3.05) is 38.1 Å². The lowest BCUT2D eigenvalue weighted by atomic mass is 10.1. The quantitative estimate of drug-likeness (QED) is 0.708. The van der Waals surface area contributed by atoms with Crippen LogP contribution in [0.3, 0.4) is 0 Å². The van der Waals surface area contributed by atoms with Gasteiger partial charge in [0.05, 0.1) is 0 Å². The third kappa shape index (κ3) is 1.82. The van der Waals surface area contributed by atoms with E-state index in [1.807, 2.05) is 0 Å². The van der Waals surface area contributed by atoms with Gasteiger partial charge in [0.2, 0.25) is 0 Å². The van der Waals surface area contributed by atoms with Gasteiger partial charge in [-0.3, -0.25) is 0 Å². The fourth-order valence-corrected chi connectivity index (χ4v) is 2.82. The molecule has 0 bridgehead atoms. The maximum absolute atomic E-state index is 2.53. The molecule has 1 heterocycles. The molecule has 0 amide bonds. The van der Waals surface area contributed by atoms with E-state index in [1.165, 1.54) is 51.1 Å². The van der Waals surface area contributed by atoms with Crippen LogP contribution in [0.5, 0.6) is 0 Å². The Balaban J connectivity index is 1.79. The van der Waals surface area contributed by atoms with Crippen molar-refractivity contribution in [3.05, 3.63) is 29.3 Å². The molecule has 0 unspecified atom stereocenters. The molecule has 0 radical (unpaired) electrons. The van der Waals surface area contributed by atoms with E-state index < -0.39 is 0 Å². The van der Waals surface area contributed by atoms with Crippen LogP contribution in [0.4, 0.5) is 5.69 Å². The van der Waals surface area contributed by atoms with Crippen molar-refractivity contribution in [3.63, 3.8) is 0 Å². The van der Waals surface area contributed by atoms with E-state index in [1.54, 1.807) is 11.1 Å². The lowest BCUT2D eigenvalue weighted by Gasteiger charge is -2.34. The molecule has 1 aliphatic carbocycles. The maximum atomic E-state index is 2.53. The lowest BCUT2D eigenvalue weighted by Crippen LogP contribution is -2.44. The van der Waals surface area contributed by atoms with Crippen molar-refractivity contribution in [1.29, 1.82) is 0 Å². The molecule has 3 rings (SSSR count). The minimum atomic E-state index is 1.18. The van der Waals surface area contributed by atoms with E-state index in [2.05, 4.69) is 35.0 Å². The monoisotopic (exact) mass is 216 g/mol. The molecule has 0 atom stereocenters. The average Bonchev–Trinajstić information content (AvgIpc) is 2.77. The molecule has 0 saturated carbocycles. The third-order valence-electron chi connectivity index (χ3n) is 3.95. The molecular formula is C14H20N2. The summed E-state index contributed by atoms with van der Waals surface area (Å²) in [5.74, 6) is 0. The Morgan fingerprint density at radius 3 is 2.50 bits per heavy atom. The van der Waals surface area contributed by atoms with Gasteiger partial charge in [-0.1, -0.05) is 6.07 Å². The molecule has 1 aliphatic heterocycles. The topological polar surface area (TPSA) is 6.48 Å². The molecule has 2 nitrogen and oxygen atoms in total. The first-order valence-corrected chi connectivity index (χ1v) is 6.38. The summed E-state index contributed by atoms with van der Waals surface area (Å²) in [4.78, 5) is 4.93. The van der Waals surface area contributed by atoms with E-state index in [-0.39, 0.29) is 0 Å². The first-order valence-electron chi connectivity index (χ1n) is 6.38. The Hall–Kier alpha value is -1.02. The molecular weight excluding hydrogens is 196 g/mol. The van der Waals surface area contributed by atoms with Crippen LogP contribution < -0.4 is 4.90 Å². The second kappa shape index (κ2) is 4.10. The largest absolute Gasteiger partial charge is 0.369 e. The van der Waals surface area contributed by atoms with Crippen molar-refractivity contribution < 1.29 is 0 Å². The Bertz CT molecular complexity index is 378. The van der Waals surface area contributed by atoms with Gasteiger partial charge in [0.25, 0.3) is 0 Å². The Kier molecular flexibility index (Phi) is 2.60. The first kappa shape index (κ1) is 10.2. The molecule has 2 aliphatic rings. The molecule has 1 aromatic carbocycles. The highest BCUT2D eigenvalue weighted by Gasteiger charge is 2.16. The Morgan fingerprint density at radius 1 is 0.938 bits per heavy atom. The molecule has 86 valence electrons. The van der Waals surface area contributed by atoms with Crippen molar-refractivity contribution in [2.24, 2.45) is 0 Å². The number of likely N-dealkylation sites (N-methyl/N-ethyl adjacent to an activating group) is 1. The molecule has 1 fully saturated rings. The highest BCUT2D eigenvalue weighted by atomic mass is 15.2. The summed E-state index contributed by atoms with van der Waals surface area (Å²) in [7, 11) is 2.21. The Morgan fingerprint density at radius 2 is 1.69 bits per heavy atom. The zero-order chi connectivity index (χ0) is 11.0. The number of fused-ring (bicyclic) bond motifs is 1.